The van der Waals surface area contributed by atoms with E-state index in [1.54, 1.807) is 30.3 Å². The van der Waals surface area contributed by atoms with E-state index in [0.29, 0.717) is 21.9 Å². The van der Waals surface area contributed by atoms with Crippen LogP contribution in [-0.4, -0.2) is 90.2 Å². The number of piperazine rings is 1. The summed E-state index contributed by atoms with van der Waals surface area (Å²) in [6.07, 6.45) is 0.884. The van der Waals surface area contributed by atoms with Gasteiger partial charge in [0.1, 0.15) is 24.0 Å². The summed E-state index contributed by atoms with van der Waals surface area (Å²) >= 11 is 6.25. The van der Waals surface area contributed by atoms with Crippen LogP contribution in [0.15, 0.2) is 84.9 Å². The first kappa shape index (κ1) is 40.7. The second kappa shape index (κ2) is 15.9. The highest BCUT2D eigenvalue weighted by molar-refractivity contribution is 6.31. The molecule has 3 heterocycles. The second-order valence-corrected chi connectivity index (χ2v) is 17.7. The largest absolute Gasteiger partial charge is 0.489 e. The highest BCUT2D eigenvalue weighted by Crippen LogP contribution is 2.55. The van der Waals surface area contributed by atoms with E-state index >= 15 is 0 Å². The lowest BCUT2D eigenvalue weighted by atomic mass is 9.49. The van der Waals surface area contributed by atoms with Crippen molar-refractivity contribution < 1.29 is 28.7 Å². The third-order valence-corrected chi connectivity index (χ3v) is 13.0. The molecule has 1 unspecified atom stereocenters. The average Bonchev–Trinajstić information content (AvgIpc) is 3.49. The quantitative estimate of drug-likeness (QED) is 0.177. The van der Waals surface area contributed by atoms with Gasteiger partial charge in [-0.05, 0) is 72.0 Å². The van der Waals surface area contributed by atoms with E-state index < -0.39 is 29.7 Å². The molecule has 1 atom stereocenters. The minimum absolute atomic E-state index is 0.0825. The summed E-state index contributed by atoms with van der Waals surface area (Å²) < 4.78 is 6.38. The lowest BCUT2D eigenvalue weighted by Gasteiger charge is -2.63. The zero-order chi connectivity index (χ0) is 42.5. The fourth-order valence-electron chi connectivity index (χ4n) is 9.70. The number of hydrogen-bond donors (Lipinski definition) is 2. The van der Waals surface area contributed by atoms with Crippen LogP contribution in [0.3, 0.4) is 0 Å². The lowest BCUT2D eigenvalue weighted by molar-refractivity contribution is -0.164. The number of rotatable bonds is 10. The van der Waals surface area contributed by atoms with Crippen molar-refractivity contribution in [2.24, 2.45) is 10.8 Å². The number of imide groups is 2. The maximum Gasteiger partial charge on any atom is 0.262 e. The van der Waals surface area contributed by atoms with Gasteiger partial charge in [-0.25, -0.2) is 0 Å². The van der Waals surface area contributed by atoms with E-state index in [2.05, 4.69) is 78.5 Å². The van der Waals surface area contributed by atoms with Crippen LogP contribution in [0.1, 0.15) is 82.7 Å². The van der Waals surface area contributed by atoms with E-state index in [-0.39, 0.29) is 52.9 Å². The zero-order valence-electron chi connectivity index (χ0n) is 34.1. The number of carbonyl (C=O) groups is 5. The number of piperidine rings is 1. The van der Waals surface area contributed by atoms with Crippen molar-refractivity contribution in [3.8, 4) is 22.9 Å². The van der Waals surface area contributed by atoms with Crippen molar-refractivity contribution >= 4 is 46.8 Å². The molecule has 8 rings (SSSR count). The molecular weight excluding hydrogens is 780 g/mol. The molecule has 4 aromatic carbocycles. The third-order valence-electron chi connectivity index (χ3n) is 12.7. The summed E-state index contributed by atoms with van der Waals surface area (Å²) in [4.78, 5) is 69.7. The summed E-state index contributed by atoms with van der Waals surface area (Å²) in [5, 5.41) is 15.1. The molecular formula is C47H47ClN6O6. The molecule has 0 aromatic heterocycles. The van der Waals surface area contributed by atoms with Gasteiger partial charge in [0.15, 0.2) is 0 Å². The average molecular weight is 827 g/mol. The Morgan fingerprint density at radius 1 is 0.867 bits per heavy atom. The maximum atomic E-state index is 13.5. The van der Waals surface area contributed by atoms with Crippen LogP contribution < -0.4 is 20.3 Å². The molecule has 4 aliphatic rings. The van der Waals surface area contributed by atoms with Gasteiger partial charge < -0.3 is 15.0 Å². The van der Waals surface area contributed by atoms with Crippen molar-refractivity contribution in [1.82, 2.24) is 20.4 Å². The number of nitrogens with zero attached hydrogens (tertiary/aromatic N) is 4. The lowest BCUT2D eigenvalue weighted by Crippen LogP contribution is -2.74. The van der Waals surface area contributed by atoms with Crippen molar-refractivity contribution in [2.75, 3.05) is 37.6 Å². The smallest absolute Gasteiger partial charge is 0.262 e. The highest BCUT2D eigenvalue weighted by Gasteiger charge is 2.64. The van der Waals surface area contributed by atoms with Crippen LogP contribution in [0, 0.1) is 22.2 Å². The molecule has 0 radical (unpaired) electrons. The number of carbonyl (C=O) groups excluding carboxylic acids is 5. The van der Waals surface area contributed by atoms with Gasteiger partial charge in [-0.2, -0.15) is 5.26 Å². The van der Waals surface area contributed by atoms with Crippen LogP contribution in [-0.2, 0) is 16.0 Å². The molecule has 4 aromatic rings. The van der Waals surface area contributed by atoms with Gasteiger partial charge in [-0.15, -0.1) is 0 Å². The molecule has 60 heavy (non-hydrogen) atoms. The molecule has 1 saturated carbocycles. The number of anilines is 1. The fraction of sp³-hybridized carbons (Fsp3) is 0.362. The van der Waals surface area contributed by atoms with Crippen molar-refractivity contribution in [3.63, 3.8) is 0 Å². The first-order valence-electron chi connectivity index (χ1n) is 20.3. The van der Waals surface area contributed by atoms with E-state index in [1.165, 1.54) is 5.56 Å². The topological polar surface area (TPSA) is 152 Å². The SMILES string of the molecule is CC1(C)C(NC(=O)c2ccc(-c3cccc(CCN4CCN(c5ccc6c(c5)C(=O)N(C5CCC(=O)NC5=O)C6=O)CC4)c3)cc2)C(C)(C)C1Oc1ccc(C#N)c(Cl)c1. The summed E-state index contributed by atoms with van der Waals surface area (Å²) in [5.74, 6) is -1.57. The minimum Gasteiger partial charge on any atom is -0.489 e. The Morgan fingerprint density at radius 2 is 1.58 bits per heavy atom. The van der Waals surface area contributed by atoms with Gasteiger partial charge in [-0.1, -0.05) is 75.7 Å². The fourth-order valence-corrected chi connectivity index (χ4v) is 9.92. The van der Waals surface area contributed by atoms with Gasteiger partial charge in [0.05, 0.1) is 21.7 Å². The second-order valence-electron chi connectivity index (χ2n) is 17.3. The van der Waals surface area contributed by atoms with Crippen molar-refractivity contribution in [3.05, 3.63) is 118 Å². The van der Waals surface area contributed by atoms with Crippen LogP contribution in [0.4, 0.5) is 5.69 Å². The van der Waals surface area contributed by atoms with Crippen LogP contribution in [0.2, 0.25) is 5.02 Å². The molecule has 12 nitrogen and oxygen atoms in total. The van der Waals surface area contributed by atoms with Crippen molar-refractivity contribution in [1.29, 1.82) is 5.26 Å². The number of ether oxygens (including phenoxy) is 1. The van der Waals surface area contributed by atoms with Gasteiger partial charge in [0, 0.05) is 73.3 Å². The summed E-state index contributed by atoms with van der Waals surface area (Å²) in [7, 11) is 0. The molecule has 3 fully saturated rings. The predicted molar refractivity (Wildman–Crippen MR) is 227 cm³/mol. The number of amides is 5. The molecule has 2 saturated heterocycles. The van der Waals surface area contributed by atoms with Crippen LogP contribution in [0.25, 0.3) is 11.1 Å². The van der Waals surface area contributed by atoms with Gasteiger partial charge in [0.2, 0.25) is 11.8 Å². The van der Waals surface area contributed by atoms with Crippen molar-refractivity contribution in [2.45, 2.75) is 65.1 Å². The molecule has 1 aliphatic carbocycles. The Labute approximate surface area is 354 Å². The first-order valence-corrected chi connectivity index (χ1v) is 20.7. The summed E-state index contributed by atoms with van der Waals surface area (Å²) in [6.45, 7) is 12.4. The van der Waals surface area contributed by atoms with Crippen LogP contribution in [0.5, 0.6) is 5.75 Å². The standard InChI is InChI=1S/C47H47ClN6O6/c1-46(2)44(47(3,4)45(46)60-34-14-12-32(27-49)37(48)26-34)51-40(56)30-10-8-29(9-11-30)31-7-5-6-28(24-31)18-19-52-20-22-53(23-21-52)33-13-15-35-36(25-33)43(59)54(42(35)58)38-16-17-39(55)50-41(38)57/h5-15,24-26,38,44-45H,16-23H2,1-4H3,(H,51,56)(H,50,55,57). The molecule has 3 aliphatic heterocycles. The molecule has 2 N–H and O–H groups in total. The molecule has 0 bridgehead atoms. The highest BCUT2D eigenvalue weighted by atomic mass is 35.5. The Balaban J connectivity index is 0.830. The number of nitrogens with one attached hydrogen (secondary N) is 2. The molecule has 0 spiro atoms. The normalized spacial score (nSPS) is 22.1. The number of halogens is 1. The van der Waals surface area contributed by atoms with E-state index in [4.69, 9.17) is 16.3 Å². The third kappa shape index (κ3) is 7.52. The number of nitriles is 1. The zero-order valence-corrected chi connectivity index (χ0v) is 34.8. The number of benzene rings is 4. The van der Waals surface area contributed by atoms with E-state index in [1.807, 2.05) is 30.3 Å². The monoisotopic (exact) mass is 826 g/mol. The number of fused-ring (bicyclic) bond motifs is 1. The summed E-state index contributed by atoms with van der Waals surface area (Å²) in [5.41, 5.74) is 4.98. The predicted octanol–water partition coefficient (Wildman–Crippen LogP) is 6.26. The minimum atomic E-state index is -0.985. The molecule has 5 amide bonds. The van der Waals surface area contributed by atoms with E-state index in [0.717, 1.165) is 60.9 Å². The number of hydrogen-bond acceptors (Lipinski definition) is 9. The van der Waals surface area contributed by atoms with Gasteiger partial charge >= 0.3 is 0 Å². The van der Waals surface area contributed by atoms with Gasteiger partial charge in [0.25, 0.3) is 17.7 Å². The Morgan fingerprint density at radius 3 is 2.27 bits per heavy atom. The molecule has 13 heteroatoms. The van der Waals surface area contributed by atoms with Crippen LogP contribution >= 0.6 is 11.6 Å². The first-order chi connectivity index (χ1) is 28.6. The summed E-state index contributed by atoms with van der Waals surface area (Å²) in [6, 6.07) is 27.5. The molecule has 308 valence electrons. The maximum absolute atomic E-state index is 13.5. The van der Waals surface area contributed by atoms with E-state index in [9.17, 15) is 29.2 Å². The Hall–Kier alpha value is -6.03. The Bertz CT molecular complexity index is 2430. The Kier molecular flexibility index (Phi) is 10.8. The van der Waals surface area contributed by atoms with Gasteiger partial charge in [-0.3, -0.25) is 39.1 Å².